The van der Waals surface area contributed by atoms with E-state index in [0.29, 0.717) is 0 Å². The first-order valence-electron chi connectivity index (χ1n) is 7.04. The van der Waals surface area contributed by atoms with Crippen molar-refractivity contribution in [3.63, 3.8) is 0 Å². The van der Waals surface area contributed by atoms with Gasteiger partial charge in [0.1, 0.15) is 11.6 Å². The number of rotatable bonds is 5. The fraction of sp³-hybridized carbons (Fsp3) is 0.118. The fourth-order valence-corrected chi connectivity index (χ4v) is 3.19. The maximum Gasteiger partial charge on any atom is 0.226 e. The van der Waals surface area contributed by atoms with E-state index < -0.39 is 11.6 Å². The van der Waals surface area contributed by atoms with Crippen molar-refractivity contribution >= 4 is 22.9 Å². The summed E-state index contributed by atoms with van der Waals surface area (Å²) in [6.45, 7) is 0. The molecule has 6 heteroatoms. The van der Waals surface area contributed by atoms with Crippen molar-refractivity contribution in [2.24, 2.45) is 0 Å². The van der Waals surface area contributed by atoms with E-state index in [9.17, 15) is 13.6 Å². The van der Waals surface area contributed by atoms with Crippen LogP contribution in [0.25, 0.3) is 0 Å². The van der Waals surface area contributed by atoms with Crippen molar-refractivity contribution in [1.82, 2.24) is 4.57 Å². The van der Waals surface area contributed by atoms with Gasteiger partial charge in [0, 0.05) is 23.3 Å². The van der Waals surface area contributed by atoms with Gasteiger partial charge < -0.3 is 9.88 Å². The zero-order valence-electron chi connectivity index (χ0n) is 12.1. The molecule has 0 aliphatic rings. The molecule has 1 N–H and O–H groups in total. The predicted octanol–water partition coefficient (Wildman–Crippen LogP) is 4.45. The lowest BCUT2D eigenvalue weighted by Gasteiger charge is -2.17. The lowest BCUT2D eigenvalue weighted by molar-refractivity contribution is -0.116. The first kappa shape index (κ1) is 15.4. The van der Waals surface area contributed by atoms with E-state index in [1.165, 1.54) is 6.07 Å². The minimum absolute atomic E-state index is 0.0196. The van der Waals surface area contributed by atoms with Gasteiger partial charge in [0.05, 0.1) is 18.2 Å². The standard InChI is InChI=1S/C17H14F2N2OS/c18-12-5-6-14(13(19)10-12)20-17(22)11-15(16-4-3-9-23-16)21-7-1-2-8-21/h1-10,15H,11H2,(H,20,22)/t15-/m0/s1. The number of nitrogens with zero attached hydrogens (tertiary/aromatic N) is 1. The molecule has 0 unspecified atom stereocenters. The highest BCUT2D eigenvalue weighted by Crippen LogP contribution is 2.27. The van der Waals surface area contributed by atoms with Crippen molar-refractivity contribution in [1.29, 1.82) is 0 Å². The molecule has 118 valence electrons. The number of amides is 1. The van der Waals surface area contributed by atoms with Crippen molar-refractivity contribution in [3.8, 4) is 0 Å². The number of benzene rings is 1. The zero-order valence-corrected chi connectivity index (χ0v) is 12.9. The van der Waals surface area contributed by atoms with Crippen LogP contribution in [0.2, 0.25) is 0 Å². The number of hydrogen-bond donors (Lipinski definition) is 1. The van der Waals surface area contributed by atoms with Crippen LogP contribution in [0.1, 0.15) is 17.3 Å². The summed E-state index contributed by atoms with van der Waals surface area (Å²) in [5.41, 5.74) is -0.0196. The van der Waals surface area contributed by atoms with Gasteiger partial charge in [0.2, 0.25) is 5.91 Å². The summed E-state index contributed by atoms with van der Waals surface area (Å²) in [4.78, 5) is 13.3. The van der Waals surface area contributed by atoms with Gasteiger partial charge in [-0.1, -0.05) is 6.07 Å². The third kappa shape index (κ3) is 3.65. The molecule has 2 heterocycles. The Hall–Kier alpha value is -2.47. The fourth-order valence-electron chi connectivity index (χ4n) is 2.36. The molecule has 0 spiro atoms. The molecule has 3 nitrogen and oxygen atoms in total. The van der Waals surface area contributed by atoms with E-state index in [0.717, 1.165) is 17.0 Å². The summed E-state index contributed by atoms with van der Waals surface area (Å²) in [5.74, 6) is -1.79. The third-order valence-corrected chi connectivity index (χ3v) is 4.42. The minimum Gasteiger partial charge on any atom is -0.346 e. The van der Waals surface area contributed by atoms with E-state index in [-0.39, 0.29) is 24.1 Å². The van der Waals surface area contributed by atoms with Gasteiger partial charge in [0.25, 0.3) is 0 Å². The maximum atomic E-state index is 13.6. The van der Waals surface area contributed by atoms with Crippen LogP contribution < -0.4 is 5.32 Å². The number of carbonyl (C=O) groups is 1. The van der Waals surface area contributed by atoms with Crippen molar-refractivity contribution in [2.75, 3.05) is 5.32 Å². The highest BCUT2D eigenvalue weighted by atomic mass is 32.1. The van der Waals surface area contributed by atoms with E-state index in [2.05, 4.69) is 5.32 Å². The lowest BCUT2D eigenvalue weighted by Crippen LogP contribution is -2.19. The van der Waals surface area contributed by atoms with Gasteiger partial charge >= 0.3 is 0 Å². The van der Waals surface area contributed by atoms with Crippen LogP contribution in [0.3, 0.4) is 0 Å². The van der Waals surface area contributed by atoms with Crippen LogP contribution in [0.15, 0.2) is 60.2 Å². The summed E-state index contributed by atoms with van der Waals surface area (Å²) >= 11 is 1.56. The average Bonchev–Trinajstić information content (AvgIpc) is 3.21. The number of carbonyl (C=O) groups excluding carboxylic acids is 1. The van der Waals surface area contributed by atoms with E-state index in [1.807, 2.05) is 46.6 Å². The summed E-state index contributed by atoms with van der Waals surface area (Å²) in [6, 6.07) is 10.6. The summed E-state index contributed by atoms with van der Waals surface area (Å²) < 4.78 is 28.5. The molecule has 0 saturated heterocycles. The molecule has 3 rings (SSSR count). The van der Waals surface area contributed by atoms with Crippen LogP contribution >= 0.6 is 11.3 Å². The second-order valence-corrected chi connectivity index (χ2v) is 6.02. The Labute approximate surface area is 136 Å². The summed E-state index contributed by atoms with van der Waals surface area (Å²) in [5, 5.41) is 4.45. The molecule has 0 aliphatic heterocycles. The first-order valence-corrected chi connectivity index (χ1v) is 7.92. The second-order valence-electron chi connectivity index (χ2n) is 5.04. The number of anilines is 1. The van der Waals surface area contributed by atoms with Crippen LogP contribution in [0.5, 0.6) is 0 Å². The predicted molar refractivity (Wildman–Crippen MR) is 86.5 cm³/mol. The molecule has 1 atom stereocenters. The van der Waals surface area contributed by atoms with Gasteiger partial charge in [-0.2, -0.15) is 0 Å². The van der Waals surface area contributed by atoms with E-state index >= 15 is 0 Å². The van der Waals surface area contributed by atoms with Crippen LogP contribution in [-0.2, 0) is 4.79 Å². The van der Waals surface area contributed by atoms with Gasteiger partial charge in [-0.05, 0) is 35.7 Å². The Bertz CT molecular complexity index is 751. The highest BCUT2D eigenvalue weighted by molar-refractivity contribution is 7.10. The van der Waals surface area contributed by atoms with Gasteiger partial charge in [-0.15, -0.1) is 11.3 Å². The molecule has 0 fully saturated rings. The average molecular weight is 332 g/mol. The van der Waals surface area contributed by atoms with Crippen molar-refractivity contribution in [3.05, 3.63) is 76.7 Å². The van der Waals surface area contributed by atoms with Crippen molar-refractivity contribution in [2.45, 2.75) is 12.5 Å². The number of thiophene rings is 1. The normalized spacial score (nSPS) is 12.1. The molecule has 3 aromatic rings. The lowest BCUT2D eigenvalue weighted by atomic mass is 10.1. The summed E-state index contributed by atoms with van der Waals surface area (Å²) in [7, 11) is 0. The molecule has 0 bridgehead atoms. The number of nitrogens with one attached hydrogen (secondary N) is 1. The molecule has 1 aromatic carbocycles. The Morgan fingerprint density at radius 2 is 1.96 bits per heavy atom. The first-order chi connectivity index (χ1) is 11.1. The molecule has 2 aromatic heterocycles. The van der Waals surface area contributed by atoms with Gasteiger partial charge in [-0.25, -0.2) is 8.78 Å². The molecule has 23 heavy (non-hydrogen) atoms. The Balaban J connectivity index is 1.76. The number of halogens is 2. The molecule has 0 radical (unpaired) electrons. The SMILES string of the molecule is O=C(C[C@@H](c1cccs1)n1cccc1)Nc1ccc(F)cc1F. The quantitative estimate of drug-likeness (QED) is 0.736. The maximum absolute atomic E-state index is 13.6. The van der Waals surface area contributed by atoms with Crippen molar-refractivity contribution < 1.29 is 13.6 Å². The second kappa shape index (κ2) is 6.75. The van der Waals surface area contributed by atoms with E-state index in [1.54, 1.807) is 11.3 Å². The number of hydrogen-bond acceptors (Lipinski definition) is 2. The molecular formula is C17H14F2N2OS. The largest absolute Gasteiger partial charge is 0.346 e. The van der Waals surface area contributed by atoms with Gasteiger partial charge in [0.15, 0.2) is 0 Å². The Morgan fingerprint density at radius 1 is 1.17 bits per heavy atom. The summed E-state index contributed by atoms with van der Waals surface area (Å²) in [6.07, 6.45) is 3.93. The minimum atomic E-state index is -0.785. The van der Waals surface area contributed by atoms with E-state index in [4.69, 9.17) is 0 Å². The monoisotopic (exact) mass is 332 g/mol. The zero-order chi connectivity index (χ0) is 16.2. The Kier molecular flexibility index (Phi) is 4.52. The molecule has 1 amide bonds. The van der Waals surface area contributed by atoms with Crippen LogP contribution in [0.4, 0.5) is 14.5 Å². The molecule has 0 saturated carbocycles. The molecule has 0 aliphatic carbocycles. The smallest absolute Gasteiger partial charge is 0.226 e. The third-order valence-electron chi connectivity index (χ3n) is 3.44. The number of aromatic nitrogens is 1. The topological polar surface area (TPSA) is 34.0 Å². The van der Waals surface area contributed by atoms with Gasteiger partial charge in [-0.3, -0.25) is 4.79 Å². The van der Waals surface area contributed by atoms with Crippen LogP contribution in [0, 0.1) is 11.6 Å². The molecular weight excluding hydrogens is 318 g/mol. The Morgan fingerprint density at radius 3 is 2.61 bits per heavy atom. The highest BCUT2D eigenvalue weighted by Gasteiger charge is 2.19. The van der Waals surface area contributed by atoms with Crippen LogP contribution in [-0.4, -0.2) is 10.5 Å².